The van der Waals surface area contributed by atoms with Crippen LogP contribution in [0, 0.1) is 5.92 Å². The number of hydrogen-bond donors (Lipinski definition) is 1. The highest BCUT2D eigenvalue weighted by Gasteiger charge is 2.28. The van der Waals surface area contributed by atoms with E-state index < -0.39 is 0 Å². The number of likely N-dealkylation sites (tertiary alicyclic amines) is 1. The summed E-state index contributed by atoms with van der Waals surface area (Å²) >= 11 is 7.69. The van der Waals surface area contributed by atoms with Gasteiger partial charge in [0.25, 0.3) is 0 Å². The summed E-state index contributed by atoms with van der Waals surface area (Å²) in [5.74, 6) is 1.32. The van der Waals surface area contributed by atoms with Crippen LogP contribution in [0.5, 0.6) is 0 Å². The molecular weight excluding hydrogens is 242 g/mol. The van der Waals surface area contributed by atoms with Crippen LogP contribution < -0.4 is 0 Å². The molecule has 0 aliphatic carbocycles. The number of thioether (sulfide) groups is 1. The number of aliphatic hydroxyl groups excluding tert-OH is 1. The van der Waals surface area contributed by atoms with Crippen LogP contribution in [0.3, 0.4) is 0 Å². The van der Waals surface area contributed by atoms with E-state index in [1.807, 2.05) is 25.2 Å². The smallest absolute Gasteiger partial charge is 0.0715 e. The van der Waals surface area contributed by atoms with Crippen molar-refractivity contribution < 1.29 is 5.11 Å². The van der Waals surface area contributed by atoms with Gasteiger partial charge in [-0.15, -0.1) is 11.8 Å². The lowest BCUT2D eigenvalue weighted by Gasteiger charge is -2.12. The zero-order chi connectivity index (χ0) is 11.5. The second-order valence-corrected chi connectivity index (χ2v) is 5.85. The summed E-state index contributed by atoms with van der Waals surface area (Å²) in [4.78, 5) is 3.35. The van der Waals surface area contributed by atoms with E-state index in [1.165, 1.54) is 4.90 Å². The molecule has 1 aliphatic rings. The largest absolute Gasteiger partial charge is 0.391 e. The van der Waals surface area contributed by atoms with Crippen LogP contribution in [-0.2, 0) is 0 Å². The molecule has 16 heavy (non-hydrogen) atoms. The van der Waals surface area contributed by atoms with Crippen LogP contribution >= 0.6 is 23.4 Å². The number of β-amino-alcohol motifs (C(OH)–C–C–N with tert-alkyl or cyclic N) is 1. The molecule has 0 amide bonds. The molecule has 0 radical (unpaired) electrons. The molecule has 88 valence electrons. The molecule has 1 aliphatic heterocycles. The number of aliphatic hydroxyl groups is 1. The highest BCUT2D eigenvalue weighted by molar-refractivity contribution is 7.99. The van der Waals surface area contributed by atoms with Crippen molar-refractivity contribution in [1.29, 1.82) is 0 Å². The SMILES string of the molecule is CN1C[C@@H](CSc2cccc(Cl)c2)[C@H](O)C1. The van der Waals surface area contributed by atoms with Gasteiger partial charge in [0.2, 0.25) is 0 Å². The first-order chi connectivity index (χ1) is 7.65. The number of rotatable bonds is 3. The fraction of sp³-hybridized carbons (Fsp3) is 0.500. The second-order valence-electron chi connectivity index (χ2n) is 4.32. The van der Waals surface area contributed by atoms with Gasteiger partial charge in [-0.1, -0.05) is 17.7 Å². The molecule has 4 heteroatoms. The van der Waals surface area contributed by atoms with Crippen LogP contribution in [0.15, 0.2) is 29.2 Å². The number of hydrogen-bond acceptors (Lipinski definition) is 3. The predicted octanol–water partition coefficient (Wildman–Crippen LogP) is 2.35. The lowest BCUT2D eigenvalue weighted by Crippen LogP contribution is -2.19. The minimum Gasteiger partial charge on any atom is -0.391 e. The Morgan fingerprint density at radius 2 is 2.31 bits per heavy atom. The van der Waals surface area contributed by atoms with Gasteiger partial charge < -0.3 is 10.0 Å². The third-order valence-electron chi connectivity index (χ3n) is 2.85. The first-order valence-corrected chi connectivity index (χ1v) is 6.76. The van der Waals surface area contributed by atoms with Crippen molar-refractivity contribution in [3.05, 3.63) is 29.3 Å². The summed E-state index contributed by atoms with van der Waals surface area (Å²) in [7, 11) is 2.05. The molecule has 0 aromatic heterocycles. The maximum atomic E-state index is 9.81. The van der Waals surface area contributed by atoms with Crippen LogP contribution in [0.4, 0.5) is 0 Å². The molecule has 1 heterocycles. The minimum absolute atomic E-state index is 0.184. The van der Waals surface area contributed by atoms with Gasteiger partial charge in [0, 0.05) is 34.7 Å². The third-order valence-corrected chi connectivity index (χ3v) is 4.27. The topological polar surface area (TPSA) is 23.5 Å². The van der Waals surface area contributed by atoms with Gasteiger partial charge in [0.15, 0.2) is 0 Å². The zero-order valence-corrected chi connectivity index (χ0v) is 10.8. The van der Waals surface area contributed by atoms with Crippen molar-refractivity contribution in [1.82, 2.24) is 4.90 Å². The van der Waals surface area contributed by atoms with E-state index in [-0.39, 0.29) is 6.10 Å². The first kappa shape index (κ1) is 12.2. The average molecular weight is 258 g/mol. The Kier molecular flexibility index (Phi) is 4.14. The van der Waals surface area contributed by atoms with Gasteiger partial charge >= 0.3 is 0 Å². The van der Waals surface area contributed by atoms with E-state index in [0.717, 1.165) is 23.9 Å². The summed E-state index contributed by atoms with van der Waals surface area (Å²) in [6.45, 7) is 1.77. The van der Waals surface area contributed by atoms with E-state index in [9.17, 15) is 5.11 Å². The van der Waals surface area contributed by atoms with Gasteiger partial charge in [0.05, 0.1) is 6.10 Å². The highest BCUT2D eigenvalue weighted by Crippen LogP contribution is 2.27. The van der Waals surface area contributed by atoms with E-state index >= 15 is 0 Å². The van der Waals surface area contributed by atoms with Crippen molar-refractivity contribution in [2.75, 3.05) is 25.9 Å². The molecule has 1 saturated heterocycles. The Morgan fingerprint density at radius 1 is 1.50 bits per heavy atom. The normalized spacial score (nSPS) is 26.2. The molecule has 2 atom stereocenters. The highest BCUT2D eigenvalue weighted by atomic mass is 35.5. The van der Waals surface area contributed by atoms with Gasteiger partial charge in [-0.3, -0.25) is 0 Å². The molecule has 1 N–H and O–H groups in total. The van der Waals surface area contributed by atoms with Crippen LogP contribution in [-0.4, -0.2) is 42.0 Å². The fourth-order valence-electron chi connectivity index (χ4n) is 1.99. The van der Waals surface area contributed by atoms with Crippen LogP contribution in [0.25, 0.3) is 0 Å². The monoisotopic (exact) mass is 257 g/mol. The van der Waals surface area contributed by atoms with E-state index in [0.29, 0.717) is 5.92 Å². The maximum absolute atomic E-state index is 9.81. The van der Waals surface area contributed by atoms with Crippen LogP contribution in [0.2, 0.25) is 5.02 Å². The average Bonchev–Trinajstić information content (AvgIpc) is 2.54. The molecule has 1 aromatic rings. The molecule has 2 rings (SSSR count). The molecule has 1 aromatic carbocycles. The molecule has 0 spiro atoms. The molecule has 0 saturated carbocycles. The van der Waals surface area contributed by atoms with E-state index in [4.69, 9.17) is 11.6 Å². The number of nitrogens with zero attached hydrogens (tertiary/aromatic N) is 1. The Morgan fingerprint density at radius 3 is 2.94 bits per heavy atom. The molecule has 1 fully saturated rings. The standard InChI is InChI=1S/C12H16ClNOS/c1-14-6-9(12(15)7-14)8-16-11-4-2-3-10(13)5-11/h2-5,9,12,15H,6-8H2,1H3/t9-,12+/m0/s1. The summed E-state index contributed by atoms with van der Waals surface area (Å²) in [6, 6.07) is 7.87. The number of halogens is 1. The fourth-order valence-corrected chi connectivity index (χ4v) is 3.36. The summed E-state index contributed by atoms with van der Waals surface area (Å²) in [5.41, 5.74) is 0. The quantitative estimate of drug-likeness (QED) is 0.841. The molecular formula is C12H16ClNOS. The number of likely N-dealkylation sites (N-methyl/N-ethyl adjacent to an activating group) is 1. The summed E-state index contributed by atoms with van der Waals surface area (Å²) in [6.07, 6.45) is -0.184. The van der Waals surface area contributed by atoms with Gasteiger partial charge in [-0.2, -0.15) is 0 Å². The van der Waals surface area contributed by atoms with Crippen LogP contribution in [0.1, 0.15) is 0 Å². The predicted molar refractivity (Wildman–Crippen MR) is 69.2 cm³/mol. The Bertz CT molecular complexity index is 361. The van der Waals surface area contributed by atoms with Crippen molar-refractivity contribution in [3.8, 4) is 0 Å². The van der Waals surface area contributed by atoms with E-state index in [2.05, 4.69) is 11.0 Å². The second kappa shape index (κ2) is 5.41. The molecule has 2 nitrogen and oxygen atoms in total. The number of benzene rings is 1. The lowest BCUT2D eigenvalue weighted by molar-refractivity contribution is 0.152. The van der Waals surface area contributed by atoms with Gasteiger partial charge in [-0.25, -0.2) is 0 Å². The Balaban J connectivity index is 1.88. The minimum atomic E-state index is -0.184. The van der Waals surface area contributed by atoms with Crippen molar-refractivity contribution >= 4 is 23.4 Å². The van der Waals surface area contributed by atoms with Crippen molar-refractivity contribution in [3.63, 3.8) is 0 Å². The zero-order valence-electron chi connectivity index (χ0n) is 9.27. The summed E-state index contributed by atoms with van der Waals surface area (Å²) < 4.78 is 0. The lowest BCUT2D eigenvalue weighted by atomic mass is 10.1. The Labute approximate surface area is 106 Å². The molecule has 0 unspecified atom stereocenters. The van der Waals surface area contributed by atoms with Gasteiger partial charge in [-0.05, 0) is 25.2 Å². The maximum Gasteiger partial charge on any atom is 0.0715 e. The van der Waals surface area contributed by atoms with E-state index in [1.54, 1.807) is 11.8 Å². The Hall–Kier alpha value is -0.220. The first-order valence-electron chi connectivity index (χ1n) is 5.40. The van der Waals surface area contributed by atoms with Crippen molar-refractivity contribution in [2.24, 2.45) is 5.92 Å². The molecule has 0 bridgehead atoms. The van der Waals surface area contributed by atoms with Crippen molar-refractivity contribution in [2.45, 2.75) is 11.0 Å². The third kappa shape index (κ3) is 3.14. The van der Waals surface area contributed by atoms with Gasteiger partial charge in [0.1, 0.15) is 0 Å². The summed E-state index contributed by atoms with van der Waals surface area (Å²) in [5, 5.41) is 10.6.